The first-order valence-corrected chi connectivity index (χ1v) is 11.3. The molecule has 7 nitrogen and oxygen atoms in total. The number of anilines is 1. The number of ether oxygens (including phenoxy) is 2. The molecule has 0 radical (unpaired) electrons. The number of aryl methyl sites for hydroxylation is 1. The van der Waals surface area contributed by atoms with Crippen molar-refractivity contribution in [2.24, 2.45) is 0 Å². The van der Waals surface area contributed by atoms with E-state index in [0.717, 1.165) is 74.9 Å². The summed E-state index contributed by atoms with van der Waals surface area (Å²) in [6.07, 6.45) is 5.28. The molecule has 3 heterocycles. The third-order valence-electron chi connectivity index (χ3n) is 5.98. The van der Waals surface area contributed by atoms with Gasteiger partial charge in [-0.3, -0.25) is 0 Å². The fourth-order valence-electron chi connectivity index (χ4n) is 4.38. The van der Waals surface area contributed by atoms with E-state index < -0.39 is 0 Å². The minimum Gasteiger partial charge on any atom is -0.493 e. The highest BCUT2D eigenvalue weighted by molar-refractivity contribution is 7.22. The third kappa shape index (κ3) is 3.59. The maximum absolute atomic E-state index is 9.74. The molecular formula is C23H26N4O3S. The second-order valence-electron chi connectivity index (χ2n) is 8.07. The molecule has 0 spiro atoms. The van der Waals surface area contributed by atoms with Crippen LogP contribution in [0.25, 0.3) is 26.3 Å². The molecule has 1 aromatic carbocycles. The van der Waals surface area contributed by atoms with Gasteiger partial charge in [0.25, 0.3) is 0 Å². The molecule has 0 bridgehead atoms. The van der Waals surface area contributed by atoms with Crippen molar-refractivity contribution in [3.05, 3.63) is 36.0 Å². The Bertz CT molecular complexity index is 1240. The van der Waals surface area contributed by atoms with Gasteiger partial charge in [-0.2, -0.15) is 0 Å². The van der Waals surface area contributed by atoms with Crippen molar-refractivity contribution in [2.75, 3.05) is 19.5 Å². The molecule has 0 unspecified atom stereocenters. The van der Waals surface area contributed by atoms with Crippen molar-refractivity contribution in [3.63, 3.8) is 0 Å². The van der Waals surface area contributed by atoms with E-state index in [0.29, 0.717) is 6.04 Å². The van der Waals surface area contributed by atoms with E-state index in [4.69, 9.17) is 14.6 Å². The Labute approximate surface area is 184 Å². The van der Waals surface area contributed by atoms with Gasteiger partial charge in [0.1, 0.15) is 11.5 Å². The van der Waals surface area contributed by atoms with Crippen molar-refractivity contribution in [2.45, 2.75) is 44.8 Å². The zero-order valence-corrected chi connectivity index (χ0v) is 18.7. The van der Waals surface area contributed by atoms with Crippen LogP contribution in [0.2, 0.25) is 0 Å². The number of nitrogens with one attached hydrogen (secondary N) is 1. The Morgan fingerprint density at radius 2 is 1.87 bits per heavy atom. The minimum atomic E-state index is -0.166. The van der Waals surface area contributed by atoms with Gasteiger partial charge in [-0.25, -0.2) is 9.50 Å². The van der Waals surface area contributed by atoms with Gasteiger partial charge in [-0.1, -0.05) is 0 Å². The number of aliphatic hydroxyl groups is 1. The molecule has 0 aliphatic heterocycles. The summed E-state index contributed by atoms with van der Waals surface area (Å²) >= 11 is 1.65. The maximum Gasteiger partial charge on any atom is 0.178 e. The third-order valence-corrected chi connectivity index (χ3v) is 7.15. The lowest BCUT2D eigenvalue weighted by molar-refractivity contribution is 0.126. The van der Waals surface area contributed by atoms with Gasteiger partial charge in [0.2, 0.25) is 0 Å². The van der Waals surface area contributed by atoms with Gasteiger partial charge >= 0.3 is 0 Å². The van der Waals surface area contributed by atoms with Crippen LogP contribution in [0.5, 0.6) is 11.5 Å². The number of thiophene rings is 1. The summed E-state index contributed by atoms with van der Waals surface area (Å²) in [4.78, 5) is 5.62. The van der Waals surface area contributed by atoms with Crippen molar-refractivity contribution in [1.29, 1.82) is 0 Å². The van der Waals surface area contributed by atoms with E-state index >= 15 is 0 Å². The van der Waals surface area contributed by atoms with Crippen LogP contribution in [0.4, 0.5) is 5.82 Å². The van der Waals surface area contributed by atoms with Crippen LogP contribution in [0, 0.1) is 6.92 Å². The molecule has 2 N–H and O–H groups in total. The minimum absolute atomic E-state index is 0.166. The lowest BCUT2D eigenvalue weighted by atomic mass is 9.93. The quantitative estimate of drug-likeness (QED) is 0.472. The molecule has 5 rings (SSSR count). The van der Waals surface area contributed by atoms with E-state index in [1.807, 2.05) is 29.8 Å². The summed E-state index contributed by atoms with van der Waals surface area (Å²) in [6, 6.07) is 8.57. The number of aliphatic hydroxyl groups excluding tert-OH is 1. The number of aromatic nitrogens is 3. The Kier molecular flexibility index (Phi) is 5.19. The number of fused-ring (bicyclic) bond motifs is 2. The van der Waals surface area contributed by atoms with Crippen molar-refractivity contribution >= 4 is 32.9 Å². The van der Waals surface area contributed by atoms with Gasteiger partial charge in [0.15, 0.2) is 17.1 Å². The largest absolute Gasteiger partial charge is 0.493 e. The van der Waals surface area contributed by atoms with Crippen LogP contribution >= 0.6 is 11.3 Å². The molecule has 162 valence electrons. The Hall–Kier alpha value is -2.84. The van der Waals surface area contributed by atoms with Crippen molar-refractivity contribution in [1.82, 2.24) is 14.6 Å². The monoisotopic (exact) mass is 438 g/mol. The number of imidazole rings is 1. The smallest absolute Gasteiger partial charge is 0.178 e. The fraction of sp³-hybridized carbons (Fsp3) is 0.391. The Morgan fingerprint density at radius 3 is 2.61 bits per heavy atom. The predicted molar refractivity (Wildman–Crippen MR) is 124 cm³/mol. The Morgan fingerprint density at radius 1 is 1.10 bits per heavy atom. The summed E-state index contributed by atoms with van der Waals surface area (Å²) in [5, 5.41) is 19.2. The zero-order valence-electron chi connectivity index (χ0n) is 17.9. The molecule has 1 saturated carbocycles. The number of benzene rings is 1. The first-order chi connectivity index (χ1) is 15.1. The molecule has 1 fully saturated rings. The molecule has 1 aliphatic carbocycles. The van der Waals surface area contributed by atoms with Gasteiger partial charge in [0.05, 0.1) is 36.1 Å². The highest BCUT2D eigenvalue weighted by Crippen LogP contribution is 2.45. The normalized spacial score (nSPS) is 19.1. The molecule has 4 aromatic rings. The van der Waals surface area contributed by atoms with Crippen LogP contribution in [-0.2, 0) is 0 Å². The van der Waals surface area contributed by atoms with Crippen LogP contribution in [0.1, 0.15) is 31.2 Å². The van der Waals surface area contributed by atoms with Crippen LogP contribution in [0.3, 0.4) is 0 Å². The molecule has 0 atom stereocenters. The fourth-order valence-corrected chi connectivity index (χ4v) is 5.54. The van der Waals surface area contributed by atoms with Crippen LogP contribution < -0.4 is 14.8 Å². The summed E-state index contributed by atoms with van der Waals surface area (Å²) in [6.45, 7) is 2.02. The molecular weight excluding hydrogens is 412 g/mol. The SMILES string of the molecule is COc1c(C)cc2cc(-c3cnc4ccc(N[C@H]5CC[C@H](O)CC5)nn34)sc2c1OC. The van der Waals surface area contributed by atoms with Gasteiger partial charge in [-0.05, 0) is 67.8 Å². The average molecular weight is 439 g/mol. The summed E-state index contributed by atoms with van der Waals surface area (Å²) in [5.41, 5.74) is 2.78. The molecule has 31 heavy (non-hydrogen) atoms. The second-order valence-corrected chi connectivity index (χ2v) is 9.12. The van der Waals surface area contributed by atoms with Crippen LogP contribution in [0.15, 0.2) is 30.5 Å². The highest BCUT2D eigenvalue weighted by atomic mass is 32.1. The van der Waals surface area contributed by atoms with Crippen molar-refractivity contribution < 1.29 is 14.6 Å². The van der Waals surface area contributed by atoms with E-state index in [-0.39, 0.29) is 6.10 Å². The first-order valence-electron chi connectivity index (χ1n) is 10.5. The number of nitrogens with zero attached hydrogens (tertiary/aromatic N) is 3. The summed E-state index contributed by atoms with van der Waals surface area (Å²) < 4.78 is 14.2. The number of rotatable bonds is 5. The Balaban J connectivity index is 1.53. The molecule has 0 saturated heterocycles. The van der Waals surface area contributed by atoms with E-state index in [9.17, 15) is 5.11 Å². The molecule has 3 aromatic heterocycles. The summed E-state index contributed by atoms with van der Waals surface area (Å²) in [5.74, 6) is 2.35. The van der Waals surface area contributed by atoms with Gasteiger partial charge < -0.3 is 19.9 Å². The predicted octanol–water partition coefficient (Wildman–Crippen LogP) is 4.65. The van der Waals surface area contributed by atoms with E-state index in [1.54, 1.807) is 25.6 Å². The second kappa shape index (κ2) is 8.01. The molecule has 1 aliphatic rings. The lowest BCUT2D eigenvalue weighted by Gasteiger charge is -2.26. The molecule has 0 amide bonds. The summed E-state index contributed by atoms with van der Waals surface area (Å²) in [7, 11) is 3.34. The average Bonchev–Trinajstić information content (AvgIpc) is 3.37. The van der Waals surface area contributed by atoms with Crippen LogP contribution in [-0.4, -0.2) is 46.1 Å². The zero-order chi connectivity index (χ0) is 21.5. The number of hydrogen-bond donors (Lipinski definition) is 2. The standard InChI is InChI=1S/C23H26N4O3S/c1-13-10-14-11-18(31-23(14)22(30-3)21(13)29-2)17-12-24-20-9-8-19(26-27(17)20)25-15-4-6-16(28)7-5-15/h8-12,15-16,28H,4-7H2,1-3H3,(H,25,26)/t15-,16-. The lowest BCUT2D eigenvalue weighted by Crippen LogP contribution is -2.28. The maximum atomic E-state index is 9.74. The van der Waals surface area contributed by atoms with Gasteiger partial charge in [-0.15, -0.1) is 16.4 Å². The first kappa shape index (κ1) is 20.1. The van der Waals surface area contributed by atoms with Crippen molar-refractivity contribution in [3.8, 4) is 22.1 Å². The number of methoxy groups -OCH3 is 2. The van der Waals surface area contributed by atoms with Gasteiger partial charge in [0, 0.05) is 6.04 Å². The highest BCUT2D eigenvalue weighted by Gasteiger charge is 2.21. The van der Waals surface area contributed by atoms with E-state index in [2.05, 4.69) is 22.4 Å². The molecule has 8 heteroatoms. The van der Waals surface area contributed by atoms with E-state index in [1.165, 1.54) is 0 Å². The number of hydrogen-bond acceptors (Lipinski definition) is 7. The topological polar surface area (TPSA) is 80.9 Å².